The van der Waals surface area contributed by atoms with E-state index in [-0.39, 0.29) is 25.1 Å². The fraction of sp³-hybridized carbons (Fsp3) is 0.632. The molecule has 52 heavy (non-hydrogen) atoms. The Morgan fingerprint density at radius 3 is 1.44 bits per heavy atom. The highest BCUT2D eigenvalue weighted by Crippen LogP contribution is 2.39. The molecule has 3 rings (SSSR count). The molecular formula is C38H58O14. The average molecular weight is 739 g/mol. The molecule has 0 amide bonds. The Hall–Kier alpha value is -3.34. The first-order valence-electron chi connectivity index (χ1n) is 18.0. The molecule has 3 atom stereocenters. The largest absolute Gasteiger partial charge is 0.491 e. The number of esters is 2. The van der Waals surface area contributed by atoms with Crippen molar-refractivity contribution in [2.24, 2.45) is 0 Å². The molecule has 1 aliphatic rings. The third-order valence-corrected chi connectivity index (χ3v) is 7.02. The molecule has 0 radical (unpaired) electrons. The summed E-state index contributed by atoms with van der Waals surface area (Å²) in [5, 5.41) is 9.74. The predicted octanol–water partition coefficient (Wildman–Crippen LogP) is 3.74. The van der Waals surface area contributed by atoms with Crippen LogP contribution in [0.5, 0.6) is 11.5 Å². The molecule has 2 aromatic rings. The van der Waals surface area contributed by atoms with Crippen LogP contribution >= 0.6 is 0 Å². The lowest BCUT2D eigenvalue weighted by atomic mass is 10.1. The van der Waals surface area contributed by atoms with E-state index in [0.29, 0.717) is 105 Å². The highest BCUT2D eigenvalue weighted by molar-refractivity contribution is 5.78. The van der Waals surface area contributed by atoms with Gasteiger partial charge in [-0.1, -0.05) is 24.3 Å². The number of carbonyl (C=O) groups excluding carboxylic acids is 2. The Morgan fingerprint density at radius 2 is 1.00 bits per heavy atom. The van der Waals surface area contributed by atoms with Crippen LogP contribution in [0.4, 0.5) is 0 Å². The smallest absolute Gasteiger partial charge is 0.338 e. The Balaban J connectivity index is 0.000000360. The first-order valence-corrected chi connectivity index (χ1v) is 18.0. The van der Waals surface area contributed by atoms with Crippen molar-refractivity contribution in [3.8, 4) is 11.5 Å². The van der Waals surface area contributed by atoms with E-state index in [0.717, 1.165) is 16.9 Å². The number of epoxide rings is 1. The summed E-state index contributed by atoms with van der Waals surface area (Å²) in [6.07, 6.45) is -1.63. The van der Waals surface area contributed by atoms with Gasteiger partial charge in [-0.2, -0.15) is 0 Å². The molecule has 0 saturated carbocycles. The third-order valence-electron chi connectivity index (χ3n) is 7.02. The maximum atomic E-state index is 11.6. The highest BCUT2D eigenvalue weighted by atomic mass is 16.6. The number of aliphatic hydroxyl groups excluding tert-OH is 1. The van der Waals surface area contributed by atoms with Gasteiger partial charge >= 0.3 is 11.9 Å². The molecule has 1 N–H and O–H groups in total. The maximum absolute atomic E-state index is 11.6. The van der Waals surface area contributed by atoms with Crippen LogP contribution in [0.1, 0.15) is 44.9 Å². The van der Waals surface area contributed by atoms with Gasteiger partial charge < -0.3 is 57.2 Å². The van der Waals surface area contributed by atoms with Crippen LogP contribution in [0.15, 0.2) is 48.5 Å². The van der Waals surface area contributed by atoms with Gasteiger partial charge in [0.15, 0.2) is 12.2 Å². The molecular weight excluding hydrogens is 680 g/mol. The van der Waals surface area contributed by atoms with E-state index >= 15 is 0 Å². The van der Waals surface area contributed by atoms with Crippen molar-refractivity contribution in [3.63, 3.8) is 0 Å². The number of hydrogen-bond acceptors (Lipinski definition) is 14. The van der Waals surface area contributed by atoms with E-state index in [1.165, 1.54) is 0 Å². The quantitative estimate of drug-likeness (QED) is 0.0731. The molecule has 0 aromatic heterocycles. The molecule has 14 nitrogen and oxygen atoms in total. The van der Waals surface area contributed by atoms with Gasteiger partial charge in [-0.25, -0.2) is 9.59 Å². The minimum Gasteiger partial charge on any atom is -0.491 e. The fourth-order valence-electron chi connectivity index (χ4n) is 4.40. The zero-order valence-electron chi connectivity index (χ0n) is 31.1. The highest BCUT2D eigenvalue weighted by Gasteiger charge is 2.47. The minimum atomic E-state index is -1.15. The third kappa shape index (κ3) is 20.6. The summed E-state index contributed by atoms with van der Waals surface area (Å²) in [6.45, 7) is 15.8. The summed E-state index contributed by atoms with van der Waals surface area (Å²) in [5.41, 5.74) is 1.77. The number of hydrogen-bond donors (Lipinski definition) is 1. The Labute approximate surface area is 307 Å². The molecule has 1 aliphatic heterocycles. The summed E-state index contributed by atoms with van der Waals surface area (Å²) in [6, 6.07) is 14.7. The first-order chi connectivity index (χ1) is 25.4. The molecule has 3 unspecified atom stereocenters. The minimum absolute atomic E-state index is 0.214. The van der Waals surface area contributed by atoms with Crippen LogP contribution in [0.2, 0.25) is 0 Å². The van der Waals surface area contributed by atoms with Crippen LogP contribution in [0.25, 0.3) is 0 Å². The van der Waals surface area contributed by atoms with E-state index in [2.05, 4.69) is 0 Å². The number of ether oxygens (including phenoxy) is 11. The molecule has 0 spiro atoms. The van der Waals surface area contributed by atoms with Crippen molar-refractivity contribution in [3.05, 3.63) is 59.7 Å². The van der Waals surface area contributed by atoms with Crippen LogP contribution in [0, 0.1) is 0 Å². The lowest BCUT2D eigenvalue weighted by molar-refractivity contribution is -0.152. The number of benzene rings is 2. The van der Waals surface area contributed by atoms with Gasteiger partial charge in [-0.05, 0) is 63.1 Å². The van der Waals surface area contributed by atoms with E-state index in [1.807, 2.05) is 50.2 Å². The van der Waals surface area contributed by atoms with Gasteiger partial charge in [0.2, 0.25) is 0 Å². The van der Waals surface area contributed by atoms with E-state index < -0.39 is 18.2 Å². The van der Waals surface area contributed by atoms with Crippen molar-refractivity contribution < 1.29 is 66.8 Å². The predicted molar refractivity (Wildman–Crippen MR) is 191 cm³/mol. The zero-order valence-corrected chi connectivity index (χ0v) is 31.1. The second kappa shape index (κ2) is 29.2. The van der Waals surface area contributed by atoms with Gasteiger partial charge in [-0.3, -0.25) is 0 Å². The topological polar surface area (TPSA) is 159 Å². The van der Waals surface area contributed by atoms with Gasteiger partial charge in [0.05, 0.1) is 79.3 Å². The van der Waals surface area contributed by atoms with Gasteiger partial charge in [0.1, 0.15) is 30.8 Å². The standard InChI is InChI=1S/C19H28O7.C19H30O7/c1-3-21-9-10-22-11-12-23-13-14-25-16-7-5-15(6-8-16)17-18(26-17)19(20)24-4-2;1-3-22-9-10-23-11-12-24-13-14-26-17-7-5-16(6-8-17)15-18(20)19(21)25-4-2/h5-8,17-18H,3-4,9-14H2,1-2H3;5-8,18,20H,3-4,9-15H2,1-2H3. The molecule has 2 aromatic carbocycles. The molecule has 294 valence electrons. The van der Waals surface area contributed by atoms with Gasteiger partial charge in [0.25, 0.3) is 0 Å². The summed E-state index contributed by atoms with van der Waals surface area (Å²) in [7, 11) is 0. The van der Waals surface area contributed by atoms with E-state index in [9.17, 15) is 14.7 Å². The lowest BCUT2D eigenvalue weighted by Crippen LogP contribution is -2.25. The molecule has 1 saturated heterocycles. The van der Waals surface area contributed by atoms with Crippen molar-refractivity contribution in [1.29, 1.82) is 0 Å². The summed E-state index contributed by atoms with van der Waals surface area (Å²) in [4.78, 5) is 23.0. The maximum Gasteiger partial charge on any atom is 0.338 e. The number of aliphatic hydroxyl groups is 1. The van der Waals surface area contributed by atoms with Crippen LogP contribution in [0.3, 0.4) is 0 Å². The summed E-state index contributed by atoms with van der Waals surface area (Å²) in [5.74, 6) is 0.540. The average Bonchev–Trinajstić information content (AvgIpc) is 3.96. The Kier molecular flexibility index (Phi) is 25.1. The second-order valence-corrected chi connectivity index (χ2v) is 11.0. The van der Waals surface area contributed by atoms with E-state index in [1.54, 1.807) is 26.0 Å². The summed E-state index contributed by atoms with van der Waals surface area (Å²) < 4.78 is 58.1. The summed E-state index contributed by atoms with van der Waals surface area (Å²) >= 11 is 0. The lowest BCUT2D eigenvalue weighted by Gasteiger charge is -2.11. The number of carbonyl (C=O) groups is 2. The van der Waals surface area contributed by atoms with E-state index in [4.69, 9.17) is 52.1 Å². The Morgan fingerprint density at radius 1 is 0.577 bits per heavy atom. The molecule has 1 fully saturated rings. The first kappa shape index (κ1) is 44.8. The fourth-order valence-corrected chi connectivity index (χ4v) is 4.40. The van der Waals surface area contributed by atoms with Gasteiger partial charge in [-0.15, -0.1) is 0 Å². The number of rotatable bonds is 29. The monoisotopic (exact) mass is 738 g/mol. The molecule has 0 bridgehead atoms. The van der Waals surface area contributed by atoms with Crippen LogP contribution < -0.4 is 9.47 Å². The van der Waals surface area contributed by atoms with Crippen molar-refractivity contribution in [1.82, 2.24) is 0 Å². The molecule has 1 heterocycles. The Bertz CT molecular complexity index is 1160. The van der Waals surface area contributed by atoms with Crippen LogP contribution in [-0.4, -0.2) is 135 Å². The van der Waals surface area contributed by atoms with Crippen molar-refractivity contribution in [2.75, 3.05) is 106 Å². The zero-order chi connectivity index (χ0) is 37.7. The second-order valence-electron chi connectivity index (χ2n) is 11.0. The molecule has 14 heteroatoms. The van der Waals surface area contributed by atoms with Crippen LogP contribution in [-0.2, 0) is 58.6 Å². The van der Waals surface area contributed by atoms with Crippen molar-refractivity contribution >= 4 is 11.9 Å². The van der Waals surface area contributed by atoms with Gasteiger partial charge in [0, 0.05) is 19.6 Å². The molecule has 0 aliphatic carbocycles. The SMILES string of the molecule is CCOCCOCCOCCOc1ccc(C2OC2C(=O)OCC)cc1.CCOCCOCCOCCOc1ccc(CC(O)C(=O)OCC)cc1. The van der Waals surface area contributed by atoms with Crippen molar-refractivity contribution in [2.45, 2.75) is 52.4 Å². The normalized spacial score (nSPS) is 15.2.